The quantitative estimate of drug-likeness (QED) is 0.370. The van der Waals surface area contributed by atoms with Crippen LogP contribution in [0.5, 0.6) is 11.5 Å². The summed E-state index contributed by atoms with van der Waals surface area (Å²) in [5, 5.41) is 10.2. The van der Waals surface area contributed by atoms with Crippen molar-refractivity contribution in [2.24, 2.45) is 4.99 Å². The van der Waals surface area contributed by atoms with Gasteiger partial charge in [0.15, 0.2) is 17.5 Å². The third-order valence-corrected chi connectivity index (χ3v) is 4.61. The molecule has 6 heteroatoms. The molecule has 152 valence electrons. The van der Waals surface area contributed by atoms with E-state index in [1.54, 1.807) is 14.2 Å². The fourth-order valence-electron chi connectivity index (χ4n) is 3.19. The molecule has 0 aromatic heterocycles. The summed E-state index contributed by atoms with van der Waals surface area (Å²) in [5.74, 6) is 2.42. The van der Waals surface area contributed by atoms with Gasteiger partial charge in [0.2, 0.25) is 0 Å². The first kappa shape index (κ1) is 21.4. The minimum atomic E-state index is 0.117. The number of para-hydroxylation sites is 1. The van der Waals surface area contributed by atoms with Crippen molar-refractivity contribution in [2.45, 2.75) is 64.6 Å². The lowest BCUT2D eigenvalue weighted by atomic mass is 10.1. The number of hydrogen-bond donors (Lipinski definition) is 3. The Morgan fingerprint density at radius 2 is 1.89 bits per heavy atom. The van der Waals surface area contributed by atoms with Crippen LogP contribution < -0.4 is 25.4 Å². The Bertz CT molecular complexity index is 605. The summed E-state index contributed by atoms with van der Waals surface area (Å²) in [6.45, 7) is 8.80. The Morgan fingerprint density at radius 1 is 1.15 bits per heavy atom. The molecule has 0 aliphatic heterocycles. The summed E-state index contributed by atoms with van der Waals surface area (Å²) in [6, 6.07) is 6.04. The maximum absolute atomic E-state index is 6.30. The lowest BCUT2D eigenvalue weighted by Gasteiger charge is -2.22. The second-order valence-electron chi connectivity index (χ2n) is 8.00. The van der Waals surface area contributed by atoms with Crippen LogP contribution in [0.15, 0.2) is 23.2 Å². The number of aliphatic imine (C=N–C) groups is 1. The summed E-state index contributed by atoms with van der Waals surface area (Å²) in [5.41, 5.74) is 1.20. The van der Waals surface area contributed by atoms with Crippen LogP contribution in [-0.4, -0.2) is 44.8 Å². The number of hydrogen-bond acceptors (Lipinski definition) is 4. The molecule has 0 unspecified atom stereocenters. The molecule has 1 saturated carbocycles. The first-order valence-electron chi connectivity index (χ1n) is 9.95. The summed E-state index contributed by atoms with van der Waals surface area (Å²) < 4.78 is 11.8. The number of nitrogens with zero attached hydrogens (tertiary/aromatic N) is 1. The van der Waals surface area contributed by atoms with Gasteiger partial charge in [0.05, 0.1) is 13.2 Å². The molecule has 6 nitrogen and oxygen atoms in total. The Hall–Kier alpha value is -1.95. The fourth-order valence-corrected chi connectivity index (χ4v) is 3.19. The van der Waals surface area contributed by atoms with Crippen molar-refractivity contribution in [1.29, 1.82) is 0 Å². The summed E-state index contributed by atoms with van der Waals surface area (Å²) in [6.07, 6.45) is 5.02. The van der Waals surface area contributed by atoms with E-state index in [1.807, 2.05) is 12.1 Å². The van der Waals surface area contributed by atoms with Crippen LogP contribution in [0.25, 0.3) is 0 Å². The molecular formula is C21H36N4O2. The number of guanidine groups is 1. The molecule has 1 aromatic rings. The number of benzene rings is 1. The zero-order valence-electron chi connectivity index (χ0n) is 17.5. The van der Waals surface area contributed by atoms with Crippen molar-refractivity contribution in [1.82, 2.24) is 16.0 Å². The van der Waals surface area contributed by atoms with Crippen LogP contribution >= 0.6 is 0 Å². The smallest absolute Gasteiger partial charge is 0.191 e. The van der Waals surface area contributed by atoms with Crippen LogP contribution in [0.2, 0.25) is 0 Å². The third kappa shape index (κ3) is 7.29. The average molecular weight is 377 g/mol. The van der Waals surface area contributed by atoms with Crippen LogP contribution in [0, 0.1) is 0 Å². The fraction of sp³-hybridized carbons (Fsp3) is 0.667. The van der Waals surface area contributed by atoms with Gasteiger partial charge in [0.25, 0.3) is 0 Å². The second-order valence-corrected chi connectivity index (χ2v) is 8.00. The normalized spacial score (nSPS) is 15.7. The van der Waals surface area contributed by atoms with Gasteiger partial charge in [-0.15, -0.1) is 0 Å². The van der Waals surface area contributed by atoms with Crippen molar-refractivity contribution < 1.29 is 9.47 Å². The van der Waals surface area contributed by atoms with Gasteiger partial charge < -0.3 is 25.4 Å². The highest BCUT2D eigenvalue weighted by molar-refractivity contribution is 5.79. The van der Waals surface area contributed by atoms with Crippen LogP contribution in [0.1, 0.15) is 52.0 Å². The van der Waals surface area contributed by atoms with Gasteiger partial charge in [-0.1, -0.05) is 12.1 Å². The van der Waals surface area contributed by atoms with Crippen LogP contribution in [-0.2, 0) is 6.54 Å². The minimum Gasteiger partial charge on any atom is -0.493 e. The van der Waals surface area contributed by atoms with Crippen molar-refractivity contribution in [3.63, 3.8) is 0 Å². The molecule has 0 heterocycles. The third-order valence-electron chi connectivity index (χ3n) is 4.61. The molecule has 0 spiro atoms. The first-order chi connectivity index (χ1) is 12.9. The molecule has 0 amide bonds. The summed E-state index contributed by atoms with van der Waals surface area (Å²) in [4.78, 5) is 4.31. The molecular weight excluding hydrogens is 340 g/mol. The van der Waals surface area contributed by atoms with Crippen molar-refractivity contribution in [3.05, 3.63) is 23.8 Å². The minimum absolute atomic E-state index is 0.117. The van der Waals surface area contributed by atoms with Crippen LogP contribution in [0.3, 0.4) is 0 Å². The van der Waals surface area contributed by atoms with E-state index < -0.39 is 0 Å². The molecule has 1 aliphatic carbocycles. The largest absolute Gasteiger partial charge is 0.493 e. The topological polar surface area (TPSA) is 66.9 Å². The lowest BCUT2D eigenvalue weighted by Crippen LogP contribution is -2.44. The predicted molar refractivity (Wildman–Crippen MR) is 112 cm³/mol. The standard InChI is InChI=1S/C21H36N4O2/c1-21(2,3)25-14-13-23-20(22-4)24-15-16-9-8-12-18(26-5)19(16)27-17-10-6-7-11-17/h8-9,12,17,25H,6-7,10-11,13-15H2,1-5H3,(H2,22,23,24). The summed E-state index contributed by atoms with van der Waals surface area (Å²) in [7, 11) is 3.48. The van der Waals surface area contributed by atoms with E-state index in [0.717, 1.165) is 49.0 Å². The highest BCUT2D eigenvalue weighted by Gasteiger charge is 2.20. The second kappa shape index (κ2) is 10.4. The van der Waals surface area contributed by atoms with E-state index in [0.29, 0.717) is 12.6 Å². The number of nitrogens with one attached hydrogen (secondary N) is 3. The average Bonchev–Trinajstić information content (AvgIpc) is 3.14. The number of rotatable bonds is 8. The van der Waals surface area contributed by atoms with Gasteiger partial charge in [0.1, 0.15) is 0 Å². The number of ether oxygens (including phenoxy) is 2. The maximum Gasteiger partial charge on any atom is 0.191 e. The maximum atomic E-state index is 6.30. The first-order valence-corrected chi connectivity index (χ1v) is 9.95. The molecule has 0 radical (unpaired) electrons. The molecule has 0 bridgehead atoms. The van der Waals surface area contributed by atoms with E-state index in [-0.39, 0.29) is 5.54 Å². The van der Waals surface area contributed by atoms with Gasteiger partial charge in [-0.3, -0.25) is 4.99 Å². The van der Waals surface area contributed by atoms with Crippen molar-refractivity contribution in [3.8, 4) is 11.5 Å². The van der Waals surface area contributed by atoms with Gasteiger partial charge in [-0.2, -0.15) is 0 Å². The monoisotopic (exact) mass is 376 g/mol. The Kier molecular flexibility index (Phi) is 8.23. The zero-order chi connectivity index (χ0) is 19.7. The van der Waals surface area contributed by atoms with E-state index >= 15 is 0 Å². The molecule has 1 aliphatic rings. The van der Waals surface area contributed by atoms with E-state index in [4.69, 9.17) is 9.47 Å². The molecule has 2 rings (SSSR count). The highest BCUT2D eigenvalue weighted by atomic mass is 16.5. The van der Waals surface area contributed by atoms with Gasteiger partial charge in [-0.25, -0.2) is 0 Å². The molecule has 1 aromatic carbocycles. The number of methoxy groups -OCH3 is 1. The zero-order valence-corrected chi connectivity index (χ0v) is 17.5. The van der Waals surface area contributed by atoms with Gasteiger partial charge in [0, 0.05) is 37.8 Å². The van der Waals surface area contributed by atoms with E-state index in [1.165, 1.54) is 12.8 Å². The molecule has 1 fully saturated rings. The Balaban J connectivity index is 1.93. The van der Waals surface area contributed by atoms with Gasteiger partial charge >= 0.3 is 0 Å². The molecule has 3 N–H and O–H groups in total. The molecule has 0 saturated heterocycles. The van der Waals surface area contributed by atoms with E-state index in [9.17, 15) is 0 Å². The Morgan fingerprint density at radius 3 is 2.52 bits per heavy atom. The summed E-state index contributed by atoms with van der Waals surface area (Å²) >= 11 is 0. The van der Waals surface area contributed by atoms with Crippen molar-refractivity contribution >= 4 is 5.96 Å². The molecule has 0 atom stereocenters. The SMILES string of the molecule is CN=C(NCCNC(C)(C)C)NCc1cccc(OC)c1OC1CCCC1. The van der Waals surface area contributed by atoms with E-state index in [2.05, 4.69) is 47.8 Å². The highest BCUT2D eigenvalue weighted by Crippen LogP contribution is 2.34. The predicted octanol–water partition coefficient (Wildman–Crippen LogP) is 3.07. The van der Waals surface area contributed by atoms with Crippen molar-refractivity contribution in [2.75, 3.05) is 27.2 Å². The van der Waals surface area contributed by atoms with Gasteiger partial charge in [-0.05, 0) is 52.5 Å². The van der Waals surface area contributed by atoms with Crippen LogP contribution in [0.4, 0.5) is 0 Å². The molecule has 27 heavy (non-hydrogen) atoms. The Labute approximate surface area is 164 Å². The lowest BCUT2D eigenvalue weighted by molar-refractivity contribution is 0.198.